The Bertz CT molecular complexity index is 1340. The highest BCUT2D eigenvalue weighted by molar-refractivity contribution is 8.26. The van der Waals surface area contributed by atoms with Crippen molar-refractivity contribution in [2.45, 2.75) is 71.1 Å². The van der Waals surface area contributed by atoms with Crippen LogP contribution >= 0.6 is 24.0 Å². The molecule has 0 N–H and O–H groups in total. The Morgan fingerprint density at radius 1 is 0.878 bits per heavy atom. The van der Waals surface area contributed by atoms with E-state index in [-0.39, 0.29) is 5.91 Å². The van der Waals surface area contributed by atoms with E-state index >= 15 is 0 Å². The van der Waals surface area contributed by atoms with Crippen molar-refractivity contribution in [3.8, 4) is 28.4 Å². The second-order valence-electron chi connectivity index (χ2n) is 10.3. The zero-order valence-electron chi connectivity index (χ0n) is 24.4. The third-order valence-corrected chi connectivity index (χ3v) is 8.69. The molecular weight excluding hydrogens is 551 g/mol. The molecule has 0 radical (unpaired) electrons. The Morgan fingerprint density at radius 3 is 2.20 bits per heavy atom. The number of nitrogens with zero attached hydrogens (tertiary/aromatic N) is 3. The smallest absolute Gasteiger partial charge is 0.266 e. The Hall–Kier alpha value is -3.10. The summed E-state index contributed by atoms with van der Waals surface area (Å²) >= 11 is 6.99. The number of rotatable bonds is 16. The van der Waals surface area contributed by atoms with E-state index in [1.807, 2.05) is 65.5 Å². The molecule has 4 rings (SSSR count). The van der Waals surface area contributed by atoms with Gasteiger partial charge in [0.15, 0.2) is 11.5 Å². The van der Waals surface area contributed by atoms with Gasteiger partial charge in [-0.15, -0.1) is 0 Å². The van der Waals surface area contributed by atoms with E-state index in [4.69, 9.17) is 26.8 Å². The molecule has 2 heterocycles. The van der Waals surface area contributed by atoms with Crippen LogP contribution in [-0.4, -0.2) is 45.7 Å². The number of hydrogen-bond donors (Lipinski definition) is 0. The van der Waals surface area contributed by atoms with Crippen molar-refractivity contribution in [3.05, 3.63) is 65.2 Å². The molecule has 8 heteroatoms. The highest BCUT2D eigenvalue weighted by Crippen LogP contribution is 2.37. The first-order valence-electron chi connectivity index (χ1n) is 14.7. The monoisotopic (exact) mass is 591 g/mol. The molecular formula is C33H41N3O3S2. The number of ether oxygens (including phenoxy) is 2. The lowest BCUT2D eigenvalue weighted by Crippen LogP contribution is -2.29. The number of unbranched alkanes of at least 4 members (excludes halogenated alkanes) is 9. The molecule has 3 aromatic rings. The number of methoxy groups -OCH3 is 2. The molecule has 0 bridgehead atoms. The summed E-state index contributed by atoms with van der Waals surface area (Å²) < 4.78 is 13.4. The number of para-hydroxylation sites is 1. The molecule has 1 fully saturated rings. The van der Waals surface area contributed by atoms with Gasteiger partial charge in [0.1, 0.15) is 10.0 Å². The molecule has 1 saturated heterocycles. The topological polar surface area (TPSA) is 56.6 Å². The highest BCUT2D eigenvalue weighted by atomic mass is 32.2. The van der Waals surface area contributed by atoms with Gasteiger partial charge in [-0.05, 0) is 42.8 Å². The van der Waals surface area contributed by atoms with Gasteiger partial charge in [-0.1, -0.05) is 107 Å². The summed E-state index contributed by atoms with van der Waals surface area (Å²) in [6.45, 7) is 2.93. The van der Waals surface area contributed by atoms with Gasteiger partial charge in [-0.25, -0.2) is 4.68 Å². The first-order valence-corrected chi connectivity index (χ1v) is 15.9. The maximum Gasteiger partial charge on any atom is 0.266 e. The van der Waals surface area contributed by atoms with Crippen LogP contribution in [0.5, 0.6) is 11.5 Å². The van der Waals surface area contributed by atoms with Crippen LogP contribution in [-0.2, 0) is 4.79 Å². The van der Waals surface area contributed by atoms with Crippen LogP contribution < -0.4 is 9.47 Å². The molecule has 0 atom stereocenters. The predicted octanol–water partition coefficient (Wildman–Crippen LogP) is 8.68. The maximum absolute atomic E-state index is 13.4. The molecule has 0 spiro atoms. The highest BCUT2D eigenvalue weighted by Gasteiger charge is 2.32. The Balaban J connectivity index is 1.46. The van der Waals surface area contributed by atoms with Crippen molar-refractivity contribution in [1.82, 2.24) is 14.7 Å². The van der Waals surface area contributed by atoms with Gasteiger partial charge in [-0.2, -0.15) is 5.10 Å². The van der Waals surface area contributed by atoms with E-state index < -0.39 is 0 Å². The van der Waals surface area contributed by atoms with Gasteiger partial charge >= 0.3 is 0 Å². The fraction of sp³-hybridized carbons (Fsp3) is 0.424. The van der Waals surface area contributed by atoms with Crippen molar-refractivity contribution in [2.75, 3.05) is 20.8 Å². The Labute approximate surface area is 254 Å². The average molecular weight is 592 g/mol. The molecule has 6 nitrogen and oxygen atoms in total. The van der Waals surface area contributed by atoms with E-state index in [1.165, 1.54) is 63.1 Å². The van der Waals surface area contributed by atoms with Gasteiger partial charge < -0.3 is 9.47 Å². The summed E-state index contributed by atoms with van der Waals surface area (Å²) in [4.78, 5) is 15.8. The summed E-state index contributed by atoms with van der Waals surface area (Å²) in [6, 6.07) is 15.7. The zero-order chi connectivity index (χ0) is 29.0. The number of thioether (sulfide) groups is 1. The van der Waals surface area contributed by atoms with Crippen molar-refractivity contribution in [2.24, 2.45) is 0 Å². The summed E-state index contributed by atoms with van der Waals surface area (Å²) in [7, 11) is 3.23. The third kappa shape index (κ3) is 8.23. The van der Waals surface area contributed by atoms with Crippen molar-refractivity contribution >= 4 is 40.3 Å². The van der Waals surface area contributed by atoms with E-state index in [1.54, 1.807) is 19.1 Å². The van der Waals surface area contributed by atoms with Crippen LogP contribution in [0.4, 0.5) is 0 Å². The summed E-state index contributed by atoms with van der Waals surface area (Å²) in [5.41, 5.74) is 3.38. The van der Waals surface area contributed by atoms with Crippen molar-refractivity contribution in [3.63, 3.8) is 0 Å². The lowest BCUT2D eigenvalue weighted by Gasteiger charge is -2.14. The molecule has 1 aromatic heterocycles. The molecule has 218 valence electrons. The van der Waals surface area contributed by atoms with Gasteiger partial charge in [-0.3, -0.25) is 9.69 Å². The normalized spacial score (nSPS) is 14.3. The molecule has 1 amide bonds. The molecule has 2 aromatic carbocycles. The summed E-state index contributed by atoms with van der Waals surface area (Å²) in [5, 5.41) is 4.90. The number of thiocarbonyl (C=S) groups is 1. The fourth-order valence-corrected chi connectivity index (χ4v) is 6.30. The zero-order valence-corrected chi connectivity index (χ0v) is 26.1. The van der Waals surface area contributed by atoms with Crippen LogP contribution in [0.2, 0.25) is 0 Å². The SMILES string of the molecule is CCCCCCCCCCCCN1C(=O)C(=Cc2cn(-c3ccccc3)nc2-c2ccc(OC)c(OC)c2)SC1=S. The molecule has 1 aliphatic heterocycles. The largest absolute Gasteiger partial charge is 0.493 e. The molecule has 0 aliphatic carbocycles. The maximum atomic E-state index is 13.4. The number of hydrogen-bond acceptors (Lipinski definition) is 6. The van der Waals surface area contributed by atoms with E-state index in [9.17, 15) is 4.79 Å². The van der Waals surface area contributed by atoms with E-state index in [0.29, 0.717) is 27.3 Å². The third-order valence-electron chi connectivity index (χ3n) is 7.32. The molecule has 41 heavy (non-hydrogen) atoms. The van der Waals surface area contributed by atoms with Gasteiger partial charge in [0.25, 0.3) is 5.91 Å². The number of carbonyl (C=O) groups excluding carboxylic acids is 1. The van der Waals surface area contributed by atoms with Gasteiger partial charge in [0.05, 0.1) is 24.8 Å². The second-order valence-corrected chi connectivity index (χ2v) is 12.0. The predicted molar refractivity (Wildman–Crippen MR) is 174 cm³/mol. The lowest BCUT2D eigenvalue weighted by molar-refractivity contribution is -0.122. The van der Waals surface area contributed by atoms with E-state index in [2.05, 4.69) is 6.92 Å². The first kappa shape index (κ1) is 30.8. The lowest BCUT2D eigenvalue weighted by atomic mass is 10.1. The minimum absolute atomic E-state index is 0.0263. The van der Waals surface area contributed by atoms with E-state index in [0.717, 1.165) is 35.3 Å². The second kappa shape index (κ2) is 15.8. The summed E-state index contributed by atoms with van der Waals surface area (Å²) in [6.07, 6.45) is 16.5. The van der Waals surface area contributed by atoms with Crippen LogP contribution in [0.3, 0.4) is 0 Å². The quantitative estimate of drug-likeness (QED) is 0.0944. The minimum Gasteiger partial charge on any atom is -0.493 e. The van der Waals surface area contributed by atoms with Crippen molar-refractivity contribution < 1.29 is 14.3 Å². The Kier molecular flexibility index (Phi) is 11.9. The number of amides is 1. The number of carbonyl (C=O) groups is 1. The Morgan fingerprint density at radius 2 is 1.54 bits per heavy atom. The fourth-order valence-electron chi connectivity index (χ4n) is 5.01. The van der Waals surface area contributed by atoms with Crippen LogP contribution in [0.15, 0.2) is 59.6 Å². The molecule has 1 aliphatic rings. The van der Waals surface area contributed by atoms with Crippen LogP contribution in [0, 0.1) is 0 Å². The number of aromatic nitrogens is 2. The van der Waals surface area contributed by atoms with Gasteiger partial charge in [0.2, 0.25) is 0 Å². The summed E-state index contributed by atoms with van der Waals surface area (Å²) in [5.74, 6) is 1.24. The van der Waals surface area contributed by atoms with Crippen LogP contribution in [0.1, 0.15) is 76.7 Å². The van der Waals surface area contributed by atoms with Gasteiger partial charge in [0, 0.05) is 23.9 Å². The minimum atomic E-state index is -0.0263. The molecule has 0 saturated carbocycles. The standard InChI is InChI=1S/C33H41N3O3S2/c1-4-5-6-7-8-9-10-11-12-16-21-35-32(37)30(41-33(35)40)23-26-24-36(27-17-14-13-15-18-27)34-31(26)25-19-20-28(38-2)29(22-25)39-3/h13-15,17-20,22-24H,4-12,16,21H2,1-3H3. The first-order chi connectivity index (χ1) is 20.0. The van der Waals surface area contributed by atoms with Crippen LogP contribution in [0.25, 0.3) is 23.0 Å². The average Bonchev–Trinajstić information content (AvgIpc) is 3.54. The number of benzene rings is 2. The van der Waals surface area contributed by atoms with Crippen molar-refractivity contribution in [1.29, 1.82) is 0 Å². The molecule has 0 unspecified atom stereocenters.